The fourth-order valence-corrected chi connectivity index (χ4v) is 2.62. The standard InChI is InChI=1S/C14H15F2N3OS.ClH/c1-8(17)4-13(20)19-14-18-7-10(21-14)5-9-2-3-11(15)12(16)6-9;/h2-3,6-8H,4-5,17H2,1H3,(H,18,19,20);1H. The van der Waals surface area contributed by atoms with Gasteiger partial charge in [0.1, 0.15) is 0 Å². The first-order chi connectivity index (χ1) is 9.94. The number of rotatable bonds is 5. The summed E-state index contributed by atoms with van der Waals surface area (Å²) in [6.45, 7) is 1.75. The summed E-state index contributed by atoms with van der Waals surface area (Å²) in [4.78, 5) is 16.5. The molecule has 1 unspecified atom stereocenters. The van der Waals surface area contributed by atoms with Gasteiger partial charge < -0.3 is 11.1 Å². The minimum atomic E-state index is -0.873. The van der Waals surface area contributed by atoms with Crippen LogP contribution in [-0.4, -0.2) is 16.9 Å². The minimum absolute atomic E-state index is 0. The molecular weight excluding hydrogens is 332 g/mol. The van der Waals surface area contributed by atoms with E-state index in [0.717, 1.165) is 17.0 Å². The van der Waals surface area contributed by atoms with Crippen LogP contribution in [0.25, 0.3) is 0 Å². The second kappa shape index (κ2) is 8.17. The van der Waals surface area contributed by atoms with E-state index >= 15 is 0 Å². The van der Waals surface area contributed by atoms with E-state index in [-0.39, 0.29) is 30.8 Å². The average molecular weight is 348 g/mol. The molecule has 0 aliphatic heterocycles. The predicted molar refractivity (Wildman–Crippen MR) is 85.4 cm³/mol. The van der Waals surface area contributed by atoms with Crippen molar-refractivity contribution in [2.45, 2.75) is 25.8 Å². The van der Waals surface area contributed by atoms with E-state index in [0.29, 0.717) is 17.1 Å². The summed E-state index contributed by atoms with van der Waals surface area (Å²) in [5.74, 6) is -1.94. The minimum Gasteiger partial charge on any atom is -0.327 e. The number of nitrogens with zero attached hydrogens (tertiary/aromatic N) is 1. The molecular formula is C14H16ClF2N3OS. The molecule has 1 aromatic carbocycles. The van der Waals surface area contributed by atoms with Crippen LogP contribution in [0.2, 0.25) is 0 Å². The third-order valence-electron chi connectivity index (χ3n) is 2.67. The number of nitrogens with one attached hydrogen (secondary N) is 1. The van der Waals surface area contributed by atoms with Crippen molar-refractivity contribution < 1.29 is 13.6 Å². The van der Waals surface area contributed by atoms with Gasteiger partial charge in [0, 0.05) is 30.0 Å². The molecule has 0 bridgehead atoms. The molecule has 2 rings (SSSR count). The zero-order chi connectivity index (χ0) is 15.4. The van der Waals surface area contributed by atoms with Crippen LogP contribution >= 0.6 is 23.7 Å². The largest absolute Gasteiger partial charge is 0.327 e. The lowest BCUT2D eigenvalue weighted by atomic mass is 10.1. The number of thiazole rings is 1. The Balaban J connectivity index is 0.00000242. The number of benzene rings is 1. The monoisotopic (exact) mass is 347 g/mol. The Bertz CT molecular complexity index is 649. The van der Waals surface area contributed by atoms with Gasteiger partial charge >= 0.3 is 0 Å². The fraction of sp³-hybridized carbons (Fsp3) is 0.286. The van der Waals surface area contributed by atoms with Crippen LogP contribution in [0.4, 0.5) is 13.9 Å². The molecule has 120 valence electrons. The highest BCUT2D eigenvalue weighted by molar-refractivity contribution is 7.15. The summed E-state index contributed by atoms with van der Waals surface area (Å²) in [6.07, 6.45) is 2.25. The van der Waals surface area contributed by atoms with Crippen molar-refractivity contribution in [2.24, 2.45) is 5.73 Å². The Hall–Kier alpha value is -1.57. The molecule has 1 heterocycles. The molecule has 0 spiro atoms. The maximum absolute atomic E-state index is 13.1. The summed E-state index contributed by atoms with van der Waals surface area (Å²) in [5.41, 5.74) is 6.18. The molecule has 22 heavy (non-hydrogen) atoms. The van der Waals surface area contributed by atoms with Gasteiger partial charge in [0.25, 0.3) is 0 Å². The average Bonchev–Trinajstić information content (AvgIpc) is 2.80. The van der Waals surface area contributed by atoms with E-state index in [2.05, 4.69) is 10.3 Å². The number of anilines is 1. The smallest absolute Gasteiger partial charge is 0.227 e. The Labute approximate surface area is 137 Å². The van der Waals surface area contributed by atoms with Gasteiger partial charge in [-0.25, -0.2) is 13.8 Å². The SMILES string of the molecule is CC(N)CC(=O)Nc1ncc(Cc2ccc(F)c(F)c2)s1.Cl. The van der Waals surface area contributed by atoms with Gasteiger partial charge in [0.2, 0.25) is 5.91 Å². The van der Waals surface area contributed by atoms with Gasteiger partial charge in [-0.1, -0.05) is 6.07 Å². The van der Waals surface area contributed by atoms with E-state index in [9.17, 15) is 13.6 Å². The highest BCUT2D eigenvalue weighted by Crippen LogP contribution is 2.22. The van der Waals surface area contributed by atoms with Crippen molar-refractivity contribution in [3.05, 3.63) is 46.5 Å². The van der Waals surface area contributed by atoms with Crippen molar-refractivity contribution in [3.63, 3.8) is 0 Å². The van der Waals surface area contributed by atoms with Crippen LogP contribution in [0.3, 0.4) is 0 Å². The number of aromatic nitrogens is 1. The lowest BCUT2D eigenvalue weighted by Crippen LogP contribution is -2.23. The zero-order valence-electron chi connectivity index (χ0n) is 11.8. The highest BCUT2D eigenvalue weighted by atomic mass is 35.5. The molecule has 0 saturated heterocycles. The van der Waals surface area contributed by atoms with Crippen LogP contribution in [0.5, 0.6) is 0 Å². The first kappa shape index (κ1) is 18.5. The van der Waals surface area contributed by atoms with E-state index < -0.39 is 11.6 Å². The molecule has 8 heteroatoms. The van der Waals surface area contributed by atoms with Gasteiger partial charge in [-0.15, -0.1) is 23.7 Å². The molecule has 2 aromatic rings. The molecule has 0 radical (unpaired) electrons. The van der Waals surface area contributed by atoms with Crippen molar-refractivity contribution in [1.82, 2.24) is 4.98 Å². The molecule has 4 nitrogen and oxygen atoms in total. The molecule has 0 fully saturated rings. The molecule has 1 atom stereocenters. The Morgan fingerprint density at radius 3 is 2.77 bits per heavy atom. The predicted octanol–water partition coefficient (Wildman–Crippen LogP) is 3.11. The van der Waals surface area contributed by atoms with E-state index in [1.54, 1.807) is 13.1 Å². The molecule has 3 N–H and O–H groups in total. The number of hydrogen-bond donors (Lipinski definition) is 2. The summed E-state index contributed by atoms with van der Waals surface area (Å²) in [5, 5.41) is 3.12. The third kappa shape index (κ3) is 5.32. The number of hydrogen-bond acceptors (Lipinski definition) is 4. The second-order valence-electron chi connectivity index (χ2n) is 4.79. The topological polar surface area (TPSA) is 68.0 Å². The second-order valence-corrected chi connectivity index (χ2v) is 5.90. The first-order valence-electron chi connectivity index (χ1n) is 6.38. The number of halogens is 3. The van der Waals surface area contributed by atoms with Gasteiger partial charge in [0.15, 0.2) is 16.8 Å². The summed E-state index contributed by atoms with van der Waals surface area (Å²) in [6, 6.07) is 3.55. The Kier molecular flexibility index (Phi) is 6.86. The number of carbonyl (C=O) groups excluding carboxylic acids is 1. The van der Waals surface area contributed by atoms with E-state index in [1.807, 2.05) is 0 Å². The fourth-order valence-electron chi connectivity index (χ4n) is 1.76. The van der Waals surface area contributed by atoms with Gasteiger partial charge in [-0.05, 0) is 24.6 Å². The van der Waals surface area contributed by atoms with Crippen LogP contribution in [0.15, 0.2) is 24.4 Å². The highest BCUT2D eigenvalue weighted by Gasteiger charge is 2.10. The van der Waals surface area contributed by atoms with Crippen molar-refractivity contribution in [3.8, 4) is 0 Å². The maximum atomic E-state index is 13.1. The molecule has 0 aliphatic rings. The number of nitrogens with two attached hydrogens (primary N) is 1. The maximum Gasteiger partial charge on any atom is 0.227 e. The molecule has 0 aliphatic carbocycles. The molecule has 1 amide bonds. The lowest BCUT2D eigenvalue weighted by Gasteiger charge is -2.03. The van der Waals surface area contributed by atoms with Crippen LogP contribution in [0, 0.1) is 11.6 Å². The van der Waals surface area contributed by atoms with E-state index in [4.69, 9.17) is 5.73 Å². The molecule has 1 aromatic heterocycles. The number of carbonyl (C=O) groups is 1. The van der Waals surface area contributed by atoms with Gasteiger partial charge in [0.05, 0.1) is 0 Å². The van der Waals surface area contributed by atoms with Crippen molar-refractivity contribution in [1.29, 1.82) is 0 Å². The summed E-state index contributed by atoms with van der Waals surface area (Å²) < 4.78 is 26.0. The Morgan fingerprint density at radius 1 is 1.41 bits per heavy atom. The quantitative estimate of drug-likeness (QED) is 0.873. The normalized spacial score (nSPS) is 11.6. The summed E-state index contributed by atoms with van der Waals surface area (Å²) in [7, 11) is 0. The number of amides is 1. The molecule has 0 saturated carbocycles. The Morgan fingerprint density at radius 2 is 2.14 bits per heavy atom. The third-order valence-corrected chi connectivity index (χ3v) is 3.58. The van der Waals surface area contributed by atoms with E-state index in [1.165, 1.54) is 17.4 Å². The first-order valence-corrected chi connectivity index (χ1v) is 7.19. The summed E-state index contributed by atoms with van der Waals surface area (Å²) >= 11 is 1.29. The van der Waals surface area contributed by atoms with Crippen molar-refractivity contribution in [2.75, 3.05) is 5.32 Å². The van der Waals surface area contributed by atoms with Gasteiger partial charge in [-0.2, -0.15) is 0 Å². The lowest BCUT2D eigenvalue weighted by molar-refractivity contribution is -0.116. The zero-order valence-corrected chi connectivity index (χ0v) is 13.4. The van der Waals surface area contributed by atoms with Gasteiger partial charge in [-0.3, -0.25) is 4.79 Å². The van der Waals surface area contributed by atoms with Crippen LogP contribution < -0.4 is 11.1 Å². The van der Waals surface area contributed by atoms with Crippen LogP contribution in [-0.2, 0) is 11.2 Å². The van der Waals surface area contributed by atoms with Crippen molar-refractivity contribution >= 4 is 34.8 Å². The van der Waals surface area contributed by atoms with Crippen LogP contribution in [0.1, 0.15) is 23.8 Å².